The SMILES string of the molecule is COc1cc(O)c(C(=O)NCc2ccncc2)c(OC)c1. The van der Waals surface area contributed by atoms with E-state index in [-0.39, 0.29) is 17.1 Å². The lowest BCUT2D eigenvalue weighted by atomic mass is 10.1. The van der Waals surface area contributed by atoms with Gasteiger partial charge in [0.05, 0.1) is 14.2 Å². The summed E-state index contributed by atoms with van der Waals surface area (Å²) in [6.07, 6.45) is 3.29. The molecule has 0 radical (unpaired) electrons. The Morgan fingerprint density at radius 3 is 2.57 bits per heavy atom. The molecule has 1 aromatic carbocycles. The number of aromatic hydroxyl groups is 1. The maximum absolute atomic E-state index is 12.2. The van der Waals surface area contributed by atoms with Crippen LogP contribution in [0.2, 0.25) is 0 Å². The summed E-state index contributed by atoms with van der Waals surface area (Å²) >= 11 is 0. The predicted molar refractivity (Wildman–Crippen MR) is 76.6 cm³/mol. The van der Waals surface area contributed by atoms with Gasteiger partial charge in [-0.25, -0.2) is 0 Å². The third kappa shape index (κ3) is 3.42. The topological polar surface area (TPSA) is 80.7 Å². The predicted octanol–water partition coefficient (Wildman–Crippen LogP) is 1.73. The Morgan fingerprint density at radius 2 is 1.95 bits per heavy atom. The lowest BCUT2D eigenvalue weighted by molar-refractivity contribution is 0.0945. The van der Waals surface area contributed by atoms with Crippen molar-refractivity contribution < 1.29 is 19.4 Å². The van der Waals surface area contributed by atoms with Crippen molar-refractivity contribution in [2.24, 2.45) is 0 Å². The molecular weight excluding hydrogens is 272 g/mol. The molecule has 0 unspecified atom stereocenters. The van der Waals surface area contributed by atoms with Crippen LogP contribution in [0.5, 0.6) is 17.2 Å². The van der Waals surface area contributed by atoms with E-state index in [2.05, 4.69) is 10.3 Å². The Bertz CT molecular complexity index is 629. The van der Waals surface area contributed by atoms with E-state index in [0.29, 0.717) is 12.3 Å². The van der Waals surface area contributed by atoms with Crippen LogP contribution in [0.3, 0.4) is 0 Å². The van der Waals surface area contributed by atoms with Gasteiger partial charge in [0.15, 0.2) is 0 Å². The van der Waals surface area contributed by atoms with Gasteiger partial charge in [-0.2, -0.15) is 0 Å². The highest BCUT2D eigenvalue weighted by Gasteiger charge is 2.19. The first-order valence-corrected chi connectivity index (χ1v) is 6.27. The van der Waals surface area contributed by atoms with Crippen molar-refractivity contribution in [2.45, 2.75) is 6.54 Å². The number of methoxy groups -OCH3 is 2. The standard InChI is InChI=1S/C15H16N2O4/c1-20-11-7-12(18)14(13(8-11)21-2)15(19)17-9-10-3-5-16-6-4-10/h3-8,18H,9H2,1-2H3,(H,17,19). The second-order valence-corrected chi connectivity index (χ2v) is 4.26. The van der Waals surface area contributed by atoms with Gasteiger partial charge >= 0.3 is 0 Å². The van der Waals surface area contributed by atoms with Gasteiger partial charge in [-0.1, -0.05) is 0 Å². The molecule has 0 aliphatic heterocycles. The van der Waals surface area contributed by atoms with Crippen LogP contribution < -0.4 is 14.8 Å². The third-order valence-electron chi connectivity index (χ3n) is 2.94. The molecule has 1 aromatic heterocycles. The van der Waals surface area contributed by atoms with E-state index in [1.165, 1.54) is 20.3 Å². The van der Waals surface area contributed by atoms with Crippen LogP contribution in [0, 0.1) is 0 Å². The molecule has 2 aromatic rings. The molecule has 0 saturated heterocycles. The van der Waals surface area contributed by atoms with Crippen molar-refractivity contribution in [3.63, 3.8) is 0 Å². The second-order valence-electron chi connectivity index (χ2n) is 4.26. The fraction of sp³-hybridized carbons (Fsp3) is 0.200. The van der Waals surface area contributed by atoms with E-state index < -0.39 is 5.91 Å². The highest BCUT2D eigenvalue weighted by atomic mass is 16.5. The fourth-order valence-corrected chi connectivity index (χ4v) is 1.85. The number of ether oxygens (including phenoxy) is 2. The van der Waals surface area contributed by atoms with Gasteiger partial charge in [0.2, 0.25) is 0 Å². The van der Waals surface area contributed by atoms with Crippen LogP contribution in [0.25, 0.3) is 0 Å². The third-order valence-corrected chi connectivity index (χ3v) is 2.94. The minimum atomic E-state index is -0.427. The number of carbonyl (C=O) groups is 1. The van der Waals surface area contributed by atoms with Crippen molar-refractivity contribution >= 4 is 5.91 Å². The molecule has 1 amide bonds. The van der Waals surface area contributed by atoms with Gasteiger partial charge < -0.3 is 19.9 Å². The Balaban J connectivity index is 2.19. The van der Waals surface area contributed by atoms with Crippen molar-refractivity contribution in [1.82, 2.24) is 10.3 Å². The zero-order valence-corrected chi connectivity index (χ0v) is 11.8. The van der Waals surface area contributed by atoms with E-state index in [1.807, 2.05) is 0 Å². The average Bonchev–Trinajstić information content (AvgIpc) is 2.52. The van der Waals surface area contributed by atoms with E-state index in [1.54, 1.807) is 30.6 Å². The molecule has 0 saturated carbocycles. The van der Waals surface area contributed by atoms with Crippen molar-refractivity contribution in [1.29, 1.82) is 0 Å². The number of hydrogen-bond acceptors (Lipinski definition) is 5. The molecule has 0 fully saturated rings. The van der Waals surface area contributed by atoms with Gasteiger partial charge in [0.25, 0.3) is 5.91 Å². The first kappa shape index (κ1) is 14.6. The number of hydrogen-bond donors (Lipinski definition) is 2. The maximum Gasteiger partial charge on any atom is 0.259 e. The van der Waals surface area contributed by atoms with Crippen molar-refractivity contribution in [3.8, 4) is 17.2 Å². The summed E-state index contributed by atoms with van der Waals surface area (Å²) in [6, 6.07) is 6.50. The van der Waals surface area contributed by atoms with Gasteiger partial charge in [0.1, 0.15) is 22.8 Å². The number of pyridine rings is 1. The molecule has 0 atom stereocenters. The van der Waals surface area contributed by atoms with Crippen LogP contribution in [0.1, 0.15) is 15.9 Å². The minimum absolute atomic E-state index is 0.0763. The van der Waals surface area contributed by atoms with Crippen LogP contribution in [-0.2, 0) is 6.54 Å². The summed E-state index contributed by atoms with van der Waals surface area (Å²) in [6.45, 7) is 0.329. The average molecular weight is 288 g/mol. The summed E-state index contributed by atoms with van der Waals surface area (Å²) in [5, 5.41) is 12.7. The number of rotatable bonds is 5. The highest BCUT2D eigenvalue weighted by molar-refractivity contribution is 5.99. The zero-order valence-electron chi connectivity index (χ0n) is 11.8. The van der Waals surface area contributed by atoms with E-state index in [9.17, 15) is 9.90 Å². The molecule has 0 spiro atoms. The normalized spacial score (nSPS) is 10.0. The molecule has 21 heavy (non-hydrogen) atoms. The Hall–Kier alpha value is -2.76. The molecular formula is C15H16N2O4. The molecule has 6 nitrogen and oxygen atoms in total. The van der Waals surface area contributed by atoms with Gasteiger partial charge in [-0.3, -0.25) is 9.78 Å². The molecule has 110 valence electrons. The number of aromatic nitrogens is 1. The summed E-state index contributed by atoms with van der Waals surface area (Å²) in [5.41, 5.74) is 0.984. The molecule has 0 aliphatic rings. The number of carbonyl (C=O) groups excluding carboxylic acids is 1. The molecule has 1 heterocycles. The minimum Gasteiger partial charge on any atom is -0.507 e. The Kier molecular flexibility index (Phi) is 4.61. The Labute approximate surface area is 122 Å². The van der Waals surface area contributed by atoms with Crippen molar-refractivity contribution in [3.05, 3.63) is 47.8 Å². The summed E-state index contributed by atoms with van der Waals surface area (Å²) in [5.74, 6) is 0.0383. The summed E-state index contributed by atoms with van der Waals surface area (Å²) in [4.78, 5) is 16.1. The molecule has 2 N–H and O–H groups in total. The van der Waals surface area contributed by atoms with Crippen molar-refractivity contribution in [2.75, 3.05) is 14.2 Å². The lowest BCUT2D eigenvalue weighted by Gasteiger charge is -2.12. The van der Waals surface area contributed by atoms with Crippen LogP contribution in [0.4, 0.5) is 0 Å². The van der Waals surface area contributed by atoms with E-state index >= 15 is 0 Å². The highest BCUT2D eigenvalue weighted by Crippen LogP contribution is 2.33. The number of phenols is 1. The fourth-order valence-electron chi connectivity index (χ4n) is 1.85. The summed E-state index contributed by atoms with van der Waals surface area (Å²) < 4.78 is 10.2. The summed E-state index contributed by atoms with van der Waals surface area (Å²) in [7, 11) is 2.89. The smallest absolute Gasteiger partial charge is 0.259 e. The number of amides is 1. The zero-order chi connectivity index (χ0) is 15.2. The number of nitrogens with one attached hydrogen (secondary N) is 1. The number of phenolic OH excluding ortho intramolecular Hbond substituents is 1. The number of nitrogens with zero attached hydrogens (tertiary/aromatic N) is 1. The van der Waals surface area contributed by atoms with E-state index in [4.69, 9.17) is 9.47 Å². The first-order chi connectivity index (χ1) is 10.2. The monoisotopic (exact) mass is 288 g/mol. The molecule has 6 heteroatoms. The van der Waals surface area contributed by atoms with Gasteiger partial charge in [-0.05, 0) is 17.7 Å². The van der Waals surface area contributed by atoms with Gasteiger partial charge in [-0.15, -0.1) is 0 Å². The maximum atomic E-state index is 12.2. The van der Waals surface area contributed by atoms with Gasteiger partial charge in [0, 0.05) is 31.1 Å². The van der Waals surface area contributed by atoms with Crippen LogP contribution >= 0.6 is 0 Å². The number of benzene rings is 1. The Morgan fingerprint density at radius 1 is 1.24 bits per heavy atom. The molecule has 2 rings (SSSR count). The second kappa shape index (κ2) is 6.60. The molecule has 0 aliphatic carbocycles. The lowest BCUT2D eigenvalue weighted by Crippen LogP contribution is -2.23. The van der Waals surface area contributed by atoms with Crippen LogP contribution in [0.15, 0.2) is 36.7 Å². The first-order valence-electron chi connectivity index (χ1n) is 6.27. The van der Waals surface area contributed by atoms with E-state index in [0.717, 1.165) is 5.56 Å². The van der Waals surface area contributed by atoms with Crippen LogP contribution in [-0.4, -0.2) is 30.2 Å². The molecule has 0 bridgehead atoms. The largest absolute Gasteiger partial charge is 0.507 e. The quantitative estimate of drug-likeness (QED) is 0.876.